The number of fused-ring (bicyclic) bond motifs is 1. The molecule has 0 unspecified atom stereocenters. The van der Waals surface area contributed by atoms with Crippen LogP contribution in [0.5, 0.6) is 0 Å². The van der Waals surface area contributed by atoms with E-state index in [1.54, 1.807) is 11.3 Å². The number of nitrogens with one attached hydrogen (secondary N) is 1. The van der Waals surface area contributed by atoms with Gasteiger partial charge in [0.05, 0.1) is 15.2 Å². The van der Waals surface area contributed by atoms with Crippen LogP contribution in [0.1, 0.15) is 41.7 Å². The van der Waals surface area contributed by atoms with Gasteiger partial charge in [-0.3, -0.25) is 4.79 Å². The molecular weight excluding hydrogens is 332 g/mol. The number of rotatable bonds is 7. The summed E-state index contributed by atoms with van der Waals surface area (Å²) in [5, 5.41) is 4.05. The van der Waals surface area contributed by atoms with E-state index in [4.69, 9.17) is 0 Å². The average Bonchev–Trinajstić information content (AvgIpc) is 3.26. The Morgan fingerprint density at radius 3 is 3.00 bits per heavy atom. The summed E-state index contributed by atoms with van der Waals surface area (Å²) in [6, 6.07) is 8.10. The highest BCUT2D eigenvalue weighted by atomic mass is 32.1. The molecule has 0 spiro atoms. The van der Waals surface area contributed by atoms with Crippen LogP contribution in [0, 0.1) is 6.92 Å². The topological polar surface area (TPSA) is 59.8 Å². The number of carbonyl (C=O) groups is 1. The molecule has 1 fully saturated rings. The maximum absolute atomic E-state index is 12.1. The number of carbonyl (C=O) groups excluding carboxylic acids is 1. The lowest BCUT2D eigenvalue weighted by Crippen LogP contribution is -2.28. The lowest BCUT2D eigenvalue weighted by molar-refractivity contribution is -0.121. The number of benzene rings is 1. The monoisotopic (exact) mass is 354 g/mol. The fourth-order valence-corrected chi connectivity index (χ4v) is 4.05. The van der Waals surface area contributed by atoms with Crippen molar-refractivity contribution in [2.45, 2.75) is 45.1 Å². The van der Waals surface area contributed by atoms with Crippen molar-refractivity contribution in [2.75, 3.05) is 6.54 Å². The summed E-state index contributed by atoms with van der Waals surface area (Å²) in [6.07, 6.45) is 5.60. The lowest BCUT2D eigenvalue weighted by Gasteiger charge is -2.10. The molecule has 5 nitrogen and oxygen atoms in total. The van der Waals surface area contributed by atoms with E-state index >= 15 is 0 Å². The first-order valence-corrected chi connectivity index (χ1v) is 9.65. The van der Waals surface area contributed by atoms with Crippen molar-refractivity contribution >= 4 is 27.5 Å². The molecule has 0 bridgehead atoms. The van der Waals surface area contributed by atoms with Gasteiger partial charge < -0.3 is 9.88 Å². The highest BCUT2D eigenvalue weighted by molar-refractivity contribution is 7.18. The Bertz CT molecular complexity index is 861. The number of thiazole rings is 1. The first kappa shape index (κ1) is 16.3. The molecule has 6 heteroatoms. The number of hydrogen-bond donors (Lipinski definition) is 1. The lowest BCUT2D eigenvalue weighted by atomic mass is 10.3. The minimum absolute atomic E-state index is 0.0880. The molecule has 1 aliphatic carbocycles. The van der Waals surface area contributed by atoms with Gasteiger partial charge in [0.25, 0.3) is 0 Å². The van der Waals surface area contributed by atoms with E-state index in [9.17, 15) is 4.79 Å². The van der Waals surface area contributed by atoms with Crippen molar-refractivity contribution in [3.63, 3.8) is 0 Å². The third-order valence-electron chi connectivity index (χ3n) is 4.59. The molecule has 3 aromatic rings. The van der Waals surface area contributed by atoms with Crippen LogP contribution in [-0.4, -0.2) is 27.0 Å². The van der Waals surface area contributed by atoms with E-state index < -0.39 is 0 Å². The maximum atomic E-state index is 12.1. The summed E-state index contributed by atoms with van der Waals surface area (Å²) in [6.45, 7) is 3.52. The Balaban J connectivity index is 1.26. The molecule has 2 aromatic heterocycles. The molecule has 4 rings (SSSR count). The summed E-state index contributed by atoms with van der Waals surface area (Å²) in [5.41, 5.74) is 2.19. The summed E-state index contributed by atoms with van der Waals surface area (Å²) in [5.74, 6) is 1.90. The molecule has 1 N–H and O–H groups in total. The molecule has 0 saturated heterocycles. The zero-order chi connectivity index (χ0) is 17.2. The molecule has 0 atom stereocenters. The van der Waals surface area contributed by atoms with Gasteiger partial charge in [-0.2, -0.15) is 0 Å². The zero-order valence-electron chi connectivity index (χ0n) is 14.4. The van der Waals surface area contributed by atoms with Gasteiger partial charge in [-0.1, -0.05) is 12.1 Å². The minimum Gasteiger partial charge on any atom is -0.354 e. The highest BCUT2D eigenvalue weighted by Gasteiger charge is 2.28. The van der Waals surface area contributed by atoms with Crippen molar-refractivity contribution in [3.05, 3.63) is 47.0 Å². The van der Waals surface area contributed by atoms with Crippen LogP contribution in [0.25, 0.3) is 10.2 Å². The van der Waals surface area contributed by atoms with Crippen LogP contribution in [-0.2, 0) is 17.8 Å². The normalized spacial score (nSPS) is 14.1. The second kappa shape index (κ2) is 6.96. The smallest absolute Gasteiger partial charge is 0.220 e. The number of para-hydroxylation sites is 1. The molecule has 0 radical (unpaired) electrons. The average molecular weight is 354 g/mol. The van der Waals surface area contributed by atoms with Gasteiger partial charge in [-0.25, -0.2) is 9.97 Å². The van der Waals surface area contributed by atoms with Gasteiger partial charge in [0.2, 0.25) is 5.91 Å². The Hall–Kier alpha value is -2.21. The quantitative estimate of drug-likeness (QED) is 0.707. The highest BCUT2D eigenvalue weighted by Crippen LogP contribution is 2.39. The van der Waals surface area contributed by atoms with Crippen LogP contribution in [0.3, 0.4) is 0 Å². The van der Waals surface area contributed by atoms with Crippen LogP contribution < -0.4 is 5.32 Å². The summed E-state index contributed by atoms with van der Waals surface area (Å²) >= 11 is 1.67. The van der Waals surface area contributed by atoms with E-state index in [0.29, 0.717) is 25.3 Å². The Morgan fingerprint density at radius 2 is 2.20 bits per heavy atom. The van der Waals surface area contributed by atoms with Crippen molar-refractivity contribution in [3.8, 4) is 0 Å². The Labute approximate surface area is 151 Å². The Morgan fingerprint density at radius 1 is 1.36 bits per heavy atom. The van der Waals surface area contributed by atoms with Crippen molar-refractivity contribution in [1.29, 1.82) is 0 Å². The molecule has 1 saturated carbocycles. The standard InChI is InChI=1S/C19H22N4OS/c1-13-12-21-19(14-6-7-14)23(13)11-10-20-17(24)8-9-18-22-15-4-2-3-5-16(15)25-18/h2-5,12,14H,6-11H2,1H3,(H,20,24). The number of imidazole rings is 1. The number of aryl methyl sites for hydroxylation is 2. The third-order valence-corrected chi connectivity index (χ3v) is 5.69. The minimum atomic E-state index is 0.0880. The van der Waals surface area contributed by atoms with Crippen molar-refractivity contribution in [1.82, 2.24) is 19.9 Å². The van der Waals surface area contributed by atoms with E-state index in [1.165, 1.54) is 29.1 Å². The largest absolute Gasteiger partial charge is 0.354 e. The second-order valence-corrected chi connectivity index (χ2v) is 7.72. The first-order valence-electron chi connectivity index (χ1n) is 8.84. The van der Waals surface area contributed by atoms with Gasteiger partial charge >= 0.3 is 0 Å². The Kier molecular flexibility index (Phi) is 4.53. The fraction of sp³-hybridized carbons (Fsp3) is 0.421. The molecular formula is C19H22N4OS. The van der Waals surface area contributed by atoms with E-state index in [-0.39, 0.29) is 5.91 Å². The van der Waals surface area contributed by atoms with Gasteiger partial charge in [-0.15, -0.1) is 11.3 Å². The molecule has 1 aromatic carbocycles. The number of amides is 1. The van der Waals surface area contributed by atoms with E-state index in [2.05, 4.69) is 32.8 Å². The summed E-state index contributed by atoms with van der Waals surface area (Å²) in [4.78, 5) is 21.2. The third kappa shape index (κ3) is 3.74. The van der Waals surface area contributed by atoms with Crippen LogP contribution >= 0.6 is 11.3 Å². The van der Waals surface area contributed by atoms with E-state index in [0.717, 1.165) is 17.1 Å². The summed E-state index contributed by atoms with van der Waals surface area (Å²) < 4.78 is 3.42. The van der Waals surface area contributed by atoms with Crippen LogP contribution in [0.4, 0.5) is 0 Å². The number of hydrogen-bond acceptors (Lipinski definition) is 4. The second-order valence-electron chi connectivity index (χ2n) is 6.61. The molecule has 25 heavy (non-hydrogen) atoms. The zero-order valence-corrected chi connectivity index (χ0v) is 15.2. The number of nitrogens with zero attached hydrogens (tertiary/aromatic N) is 3. The predicted molar refractivity (Wildman–Crippen MR) is 99.9 cm³/mol. The van der Waals surface area contributed by atoms with Gasteiger partial charge in [0, 0.05) is 43.7 Å². The van der Waals surface area contributed by atoms with Gasteiger partial charge in [0.15, 0.2) is 0 Å². The van der Waals surface area contributed by atoms with Crippen LogP contribution in [0.2, 0.25) is 0 Å². The first-order chi connectivity index (χ1) is 12.2. The summed E-state index contributed by atoms with van der Waals surface area (Å²) in [7, 11) is 0. The van der Waals surface area contributed by atoms with Crippen LogP contribution in [0.15, 0.2) is 30.5 Å². The SMILES string of the molecule is Cc1cnc(C2CC2)n1CCNC(=O)CCc1nc2ccccc2s1. The fourth-order valence-electron chi connectivity index (χ4n) is 3.08. The van der Waals surface area contributed by atoms with Crippen molar-refractivity contribution < 1.29 is 4.79 Å². The van der Waals surface area contributed by atoms with Gasteiger partial charge in [-0.05, 0) is 31.9 Å². The van der Waals surface area contributed by atoms with Crippen molar-refractivity contribution in [2.24, 2.45) is 0 Å². The predicted octanol–water partition coefficient (Wildman–Crippen LogP) is 3.43. The number of aromatic nitrogens is 3. The molecule has 1 amide bonds. The van der Waals surface area contributed by atoms with E-state index in [1.807, 2.05) is 24.4 Å². The molecule has 2 heterocycles. The molecule has 130 valence electrons. The molecule has 1 aliphatic rings. The van der Waals surface area contributed by atoms with Gasteiger partial charge in [0.1, 0.15) is 5.82 Å². The maximum Gasteiger partial charge on any atom is 0.220 e. The molecule has 0 aliphatic heterocycles.